The molecule has 4 nitrogen and oxygen atoms in total. The van der Waals surface area contributed by atoms with E-state index in [0.717, 1.165) is 65.9 Å². The van der Waals surface area contributed by atoms with Gasteiger partial charge in [-0.1, -0.05) is 152 Å². The Labute approximate surface area is 304 Å². The minimum atomic E-state index is 0.600. The van der Waals surface area contributed by atoms with Gasteiger partial charge in [0, 0.05) is 33.0 Å². The van der Waals surface area contributed by atoms with Crippen molar-refractivity contribution in [1.29, 1.82) is 0 Å². The second-order valence-corrected chi connectivity index (χ2v) is 13.6. The number of furan rings is 1. The van der Waals surface area contributed by atoms with Crippen LogP contribution in [0.4, 0.5) is 0 Å². The van der Waals surface area contributed by atoms with Crippen molar-refractivity contribution in [3.63, 3.8) is 0 Å². The minimum absolute atomic E-state index is 0.600. The van der Waals surface area contributed by atoms with Gasteiger partial charge in [0.05, 0.1) is 0 Å². The molecule has 0 atom stereocenters. The van der Waals surface area contributed by atoms with Crippen LogP contribution in [-0.2, 0) is 0 Å². The Bertz CT molecular complexity index is 3240. The second-order valence-electron chi connectivity index (χ2n) is 13.6. The molecule has 246 valence electrons. The summed E-state index contributed by atoms with van der Waals surface area (Å²) in [6.07, 6.45) is 0. The lowest BCUT2D eigenvalue weighted by molar-refractivity contribution is 0.670. The van der Waals surface area contributed by atoms with Crippen LogP contribution in [0.3, 0.4) is 0 Å². The zero-order valence-electron chi connectivity index (χ0n) is 28.5. The van der Waals surface area contributed by atoms with Crippen LogP contribution in [0.2, 0.25) is 0 Å². The van der Waals surface area contributed by atoms with E-state index in [0.29, 0.717) is 17.5 Å². The topological polar surface area (TPSA) is 51.8 Å². The molecule has 0 radical (unpaired) electrons. The number of aromatic nitrogens is 3. The molecular formula is C49H29N3O. The van der Waals surface area contributed by atoms with E-state index in [4.69, 9.17) is 19.4 Å². The standard InChI is InChI=1S/C49H29N3O/c1-2-13-32(14-3-1)47-50-48(37-24-21-30-11-4-5-15-33(30)27-37)52-49(51-47)41-19-10-20-43-45(41)42-29-34-16-7-9-18-40(34)44(46(42)53-43)36-25-26-39-35(28-36)23-22-31-12-6-8-17-38(31)39/h1-29H. The average molecular weight is 676 g/mol. The second kappa shape index (κ2) is 11.7. The Balaban J connectivity index is 1.17. The molecule has 0 saturated heterocycles. The SMILES string of the molecule is c1ccc(-c2nc(-c3ccc4ccccc4c3)nc(-c3cccc4oc5c(-c6ccc7c(ccc8ccccc87)c6)c6ccccc6cc5c34)n2)cc1. The molecule has 0 bridgehead atoms. The first-order valence-corrected chi connectivity index (χ1v) is 17.9. The minimum Gasteiger partial charge on any atom is -0.455 e. The van der Waals surface area contributed by atoms with Crippen LogP contribution in [0, 0.1) is 0 Å². The first-order valence-electron chi connectivity index (χ1n) is 17.9. The van der Waals surface area contributed by atoms with Crippen molar-refractivity contribution < 1.29 is 4.42 Å². The van der Waals surface area contributed by atoms with Crippen LogP contribution in [0.25, 0.3) is 110 Å². The first kappa shape index (κ1) is 29.5. The quantitative estimate of drug-likeness (QED) is 0.174. The summed E-state index contributed by atoms with van der Waals surface area (Å²) in [6, 6.07) is 61.6. The van der Waals surface area contributed by atoms with E-state index in [2.05, 4.69) is 133 Å². The molecular weight excluding hydrogens is 647 g/mol. The number of hydrogen-bond donors (Lipinski definition) is 0. The van der Waals surface area contributed by atoms with Crippen molar-refractivity contribution in [2.24, 2.45) is 0 Å². The highest BCUT2D eigenvalue weighted by molar-refractivity contribution is 6.22. The Hall–Kier alpha value is -7.17. The van der Waals surface area contributed by atoms with Crippen molar-refractivity contribution >= 4 is 65.0 Å². The van der Waals surface area contributed by atoms with E-state index in [9.17, 15) is 0 Å². The van der Waals surface area contributed by atoms with Gasteiger partial charge in [0.1, 0.15) is 11.2 Å². The lowest BCUT2D eigenvalue weighted by Crippen LogP contribution is -2.00. The molecule has 0 aliphatic heterocycles. The molecule has 0 amide bonds. The third-order valence-corrected chi connectivity index (χ3v) is 10.5. The zero-order chi connectivity index (χ0) is 34.9. The van der Waals surface area contributed by atoms with Gasteiger partial charge in [-0.2, -0.15) is 0 Å². The van der Waals surface area contributed by atoms with Gasteiger partial charge in [0.2, 0.25) is 0 Å². The number of nitrogens with zero attached hydrogens (tertiary/aromatic N) is 3. The summed E-state index contributed by atoms with van der Waals surface area (Å²) >= 11 is 0. The van der Waals surface area contributed by atoms with Gasteiger partial charge >= 0.3 is 0 Å². The van der Waals surface area contributed by atoms with Gasteiger partial charge in [0.15, 0.2) is 17.5 Å². The summed E-state index contributed by atoms with van der Waals surface area (Å²) in [7, 11) is 0. The van der Waals surface area contributed by atoms with Crippen LogP contribution in [0.5, 0.6) is 0 Å². The van der Waals surface area contributed by atoms with Crippen molar-refractivity contribution in [1.82, 2.24) is 15.0 Å². The van der Waals surface area contributed by atoms with Gasteiger partial charge < -0.3 is 4.42 Å². The fourth-order valence-corrected chi connectivity index (χ4v) is 7.94. The van der Waals surface area contributed by atoms with Crippen molar-refractivity contribution in [2.45, 2.75) is 0 Å². The van der Waals surface area contributed by atoms with Crippen LogP contribution < -0.4 is 0 Å². The zero-order valence-corrected chi connectivity index (χ0v) is 28.5. The fourth-order valence-electron chi connectivity index (χ4n) is 7.94. The third-order valence-electron chi connectivity index (χ3n) is 10.5. The van der Waals surface area contributed by atoms with Gasteiger partial charge in [-0.15, -0.1) is 0 Å². The number of rotatable bonds is 4. The van der Waals surface area contributed by atoms with Crippen LogP contribution >= 0.6 is 0 Å². The highest BCUT2D eigenvalue weighted by atomic mass is 16.3. The predicted molar refractivity (Wildman–Crippen MR) is 219 cm³/mol. The third kappa shape index (κ3) is 4.80. The monoisotopic (exact) mass is 675 g/mol. The van der Waals surface area contributed by atoms with Crippen molar-refractivity contribution in [2.75, 3.05) is 0 Å². The van der Waals surface area contributed by atoms with Crippen molar-refractivity contribution in [3.05, 3.63) is 176 Å². The lowest BCUT2D eigenvalue weighted by atomic mass is 9.92. The van der Waals surface area contributed by atoms with E-state index in [-0.39, 0.29) is 0 Å². The molecule has 0 aliphatic rings. The van der Waals surface area contributed by atoms with E-state index in [1.54, 1.807) is 0 Å². The molecule has 0 fully saturated rings. The van der Waals surface area contributed by atoms with Gasteiger partial charge in [-0.05, 0) is 72.9 Å². The van der Waals surface area contributed by atoms with Gasteiger partial charge in [-0.3, -0.25) is 0 Å². The van der Waals surface area contributed by atoms with Crippen LogP contribution in [0.1, 0.15) is 0 Å². The van der Waals surface area contributed by atoms with Crippen LogP contribution in [-0.4, -0.2) is 15.0 Å². The maximum Gasteiger partial charge on any atom is 0.164 e. The summed E-state index contributed by atoms with van der Waals surface area (Å²) in [5, 5.41) is 11.5. The number of fused-ring (bicyclic) bond motifs is 8. The highest BCUT2D eigenvalue weighted by Gasteiger charge is 2.22. The molecule has 2 heterocycles. The average Bonchev–Trinajstić information content (AvgIpc) is 3.60. The van der Waals surface area contributed by atoms with E-state index < -0.39 is 0 Å². The maximum atomic E-state index is 6.90. The maximum absolute atomic E-state index is 6.90. The molecule has 0 unspecified atom stereocenters. The molecule has 4 heteroatoms. The molecule has 0 saturated carbocycles. The van der Waals surface area contributed by atoms with E-state index in [1.807, 2.05) is 42.5 Å². The predicted octanol–water partition coefficient (Wildman–Crippen LogP) is 13.1. The Morgan fingerprint density at radius 1 is 0.340 bits per heavy atom. The Morgan fingerprint density at radius 2 is 0.943 bits per heavy atom. The molecule has 2 aromatic heterocycles. The van der Waals surface area contributed by atoms with Gasteiger partial charge in [-0.25, -0.2) is 15.0 Å². The molecule has 0 aliphatic carbocycles. The summed E-state index contributed by atoms with van der Waals surface area (Å²) in [5.74, 6) is 1.85. The largest absolute Gasteiger partial charge is 0.455 e. The number of benzene rings is 9. The van der Waals surface area contributed by atoms with Crippen molar-refractivity contribution in [3.8, 4) is 45.3 Å². The molecule has 11 rings (SSSR count). The van der Waals surface area contributed by atoms with E-state index >= 15 is 0 Å². The van der Waals surface area contributed by atoms with Crippen LogP contribution in [0.15, 0.2) is 180 Å². The Kier molecular flexibility index (Phi) is 6.52. The summed E-state index contributed by atoms with van der Waals surface area (Å²) < 4.78 is 6.90. The molecule has 9 aromatic carbocycles. The highest BCUT2D eigenvalue weighted by Crippen LogP contribution is 2.44. The smallest absolute Gasteiger partial charge is 0.164 e. The number of hydrogen-bond acceptors (Lipinski definition) is 4. The first-order chi connectivity index (χ1) is 26.2. The summed E-state index contributed by atoms with van der Waals surface area (Å²) in [6.45, 7) is 0. The fraction of sp³-hybridized carbons (Fsp3) is 0. The Morgan fingerprint density at radius 3 is 1.81 bits per heavy atom. The lowest BCUT2D eigenvalue weighted by Gasteiger charge is -2.11. The van der Waals surface area contributed by atoms with E-state index in [1.165, 1.54) is 26.9 Å². The normalized spacial score (nSPS) is 11.8. The summed E-state index contributed by atoms with van der Waals surface area (Å²) in [4.78, 5) is 15.3. The summed E-state index contributed by atoms with van der Waals surface area (Å²) in [5.41, 5.74) is 6.58. The molecule has 0 N–H and O–H groups in total. The van der Waals surface area contributed by atoms with Gasteiger partial charge in [0.25, 0.3) is 0 Å². The molecule has 11 aromatic rings. The molecule has 0 spiro atoms. The molecule has 53 heavy (non-hydrogen) atoms.